The van der Waals surface area contributed by atoms with E-state index in [1.165, 1.54) is 0 Å². The molecule has 2 amide bonds. The summed E-state index contributed by atoms with van der Waals surface area (Å²) in [6.07, 6.45) is 3.85. The molecule has 1 aliphatic rings. The minimum Gasteiger partial charge on any atom is -0.353 e. The number of aromatic nitrogens is 2. The lowest BCUT2D eigenvalue weighted by Gasteiger charge is -2.29. The highest BCUT2D eigenvalue weighted by molar-refractivity contribution is 5.92. The molecule has 0 spiro atoms. The van der Waals surface area contributed by atoms with E-state index in [1.807, 2.05) is 6.07 Å². The van der Waals surface area contributed by atoms with Crippen LogP contribution in [-0.2, 0) is 17.3 Å². The number of carbonyl (C=O) groups is 2. The Kier molecular flexibility index (Phi) is 6.21. The molecule has 0 saturated heterocycles. The van der Waals surface area contributed by atoms with E-state index >= 15 is 0 Å². The summed E-state index contributed by atoms with van der Waals surface area (Å²) in [6.45, 7) is 6.62. The Morgan fingerprint density at radius 1 is 1.20 bits per heavy atom. The van der Waals surface area contributed by atoms with Crippen molar-refractivity contribution >= 4 is 11.8 Å². The normalized spacial score (nSPS) is 21.0. The average Bonchev–Trinajstić information content (AvgIpc) is 2.92. The fourth-order valence-corrected chi connectivity index (χ4v) is 3.12. The van der Waals surface area contributed by atoms with Gasteiger partial charge in [-0.15, -0.1) is 0 Å². The van der Waals surface area contributed by atoms with Crippen LogP contribution in [0.2, 0.25) is 0 Å². The highest BCUT2D eigenvalue weighted by Gasteiger charge is 2.26. The second-order valence-corrected chi connectivity index (χ2v) is 7.92. The van der Waals surface area contributed by atoms with Crippen LogP contribution >= 0.6 is 0 Å². The van der Waals surface area contributed by atoms with E-state index in [0.29, 0.717) is 18.7 Å². The second kappa shape index (κ2) is 7.99. The summed E-state index contributed by atoms with van der Waals surface area (Å²) < 4.78 is 1.65. The van der Waals surface area contributed by atoms with Gasteiger partial charge in [0.2, 0.25) is 5.91 Å². The summed E-state index contributed by atoms with van der Waals surface area (Å²) in [5, 5.41) is 10.6. The van der Waals surface area contributed by atoms with Gasteiger partial charge in [-0.05, 0) is 31.7 Å². The molecule has 0 atom stereocenters. The Morgan fingerprint density at radius 3 is 2.24 bits per heavy atom. The number of hydrogen-bond donors (Lipinski definition) is 3. The zero-order chi connectivity index (χ0) is 18.6. The van der Waals surface area contributed by atoms with Crippen LogP contribution in [0.1, 0.15) is 69.1 Å². The maximum Gasteiger partial charge on any atom is 0.269 e. The number of nitrogens with zero attached hydrogens (tertiary/aromatic N) is 2. The molecule has 1 saturated carbocycles. The van der Waals surface area contributed by atoms with Crippen LogP contribution in [0.5, 0.6) is 0 Å². The molecule has 0 aromatic carbocycles. The maximum absolute atomic E-state index is 12.6. The van der Waals surface area contributed by atoms with Gasteiger partial charge in [-0.2, -0.15) is 5.10 Å². The molecule has 0 radical (unpaired) electrons. The standard InChI is InChI=1S/C18H31N5O2/c1-18(2,3)15-11-14(23(4)22-15)17(25)21-13-7-5-12(6-8-13)20-16(24)9-10-19/h11-13H,5-10,19H2,1-4H3,(H,20,24)(H,21,25). The molecule has 7 heteroatoms. The lowest BCUT2D eigenvalue weighted by molar-refractivity contribution is -0.121. The van der Waals surface area contributed by atoms with Crippen LogP contribution in [0.3, 0.4) is 0 Å². The minimum atomic E-state index is -0.0872. The van der Waals surface area contributed by atoms with Crippen molar-refractivity contribution in [1.82, 2.24) is 20.4 Å². The van der Waals surface area contributed by atoms with Crippen LogP contribution < -0.4 is 16.4 Å². The lowest BCUT2D eigenvalue weighted by atomic mass is 9.90. The quantitative estimate of drug-likeness (QED) is 0.744. The largest absolute Gasteiger partial charge is 0.353 e. The molecule has 7 nitrogen and oxygen atoms in total. The number of rotatable bonds is 5. The van der Waals surface area contributed by atoms with Crippen molar-refractivity contribution < 1.29 is 9.59 Å². The van der Waals surface area contributed by atoms with Gasteiger partial charge >= 0.3 is 0 Å². The van der Waals surface area contributed by atoms with Gasteiger partial charge in [-0.25, -0.2) is 0 Å². The van der Waals surface area contributed by atoms with Crippen molar-refractivity contribution in [3.63, 3.8) is 0 Å². The first-order valence-electron chi connectivity index (χ1n) is 9.05. The Balaban J connectivity index is 1.87. The van der Waals surface area contributed by atoms with Crippen molar-refractivity contribution in [3.05, 3.63) is 17.5 Å². The maximum atomic E-state index is 12.6. The van der Waals surface area contributed by atoms with Crippen molar-refractivity contribution in [1.29, 1.82) is 0 Å². The van der Waals surface area contributed by atoms with E-state index in [2.05, 4.69) is 36.5 Å². The third kappa shape index (κ3) is 5.29. The predicted molar refractivity (Wildman–Crippen MR) is 97.2 cm³/mol. The summed E-state index contributed by atoms with van der Waals surface area (Å²) in [4.78, 5) is 24.2. The number of carbonyl (C=O) groups excluding carboxylic acids is 2. The van der Waals surface area contributed by atoms with Gasteiger partial charge in [-0.1, -0.05) is 20.8 Å². The van der Waals surface area contributed by atoms with Gasteiger partial charge in [-0.3, -0.25) is 14.3 Å². The van der Waals surface area contributed by atoms with Gasteiger partial charge in [0.25, 0.3) is 5.91 Å². The Labute approximate surface area is 149 Å². The van der Waals surface area contributed by atoms with Crippen molar-refractivity contribution in [2.75, 3.05) is 6.54 Å². The molecule has 140 valence electrons. The first kappa shape index (κ1) is 19.4. The molecule has 4 N–H and O–H groups in total. The number of nitrogens with one attached hydrogen (secondary N) is 2. The Hall–Kier alpha value is -1.89. The Morgan fingerprint density at radius 2 is 1.76 bits per heavy atom. The number of nitrogens with two attached hydrogens (primary N) is 1. The third-order valence-corrected chi connectivity index (χ3v) is 4.68. The summed E-state index contributed by atoms with van der Waals surface area (Å²) in [5.41, 5.74) is 6.80. The minimum absolute atomic E-state index is 0.0135. The van der Waals surface area contributed by atoms with Gasteiger partial charge in [0, 0.05) is 37.5 Å². The Bertz CT molecular complexity index is 609. The summed E-state index contributed by atoms with van der Waals surface area (Å²) in [5.74, 6) is -0.0688. The van der Waals surface area contributed by atoms with Gasteiger partial charge < -0.3 is 16.4 Å². The fraction of sp³-hybridized carbons (Fsp3) is 0.722. The monoisotopic (exact) mass is 349 g/mol. The van der Waals surface area contributed by atoms with E-state index in [4.69, 9.17) is 5.73 Å². The zero-order valence-electron chi connectivity index (χ0n) is 15.8. The number of aryl methyl sites for hydroxylation is 1. The summed E-state index contributed by atoms with van der Waals surface area (Å²) in [6, 6.07) is 2.20. The van der Waals surface area contributed by atoms with E-state index < -0.39 is 0 Å². The van der Waals surface area contributed by atoms with Gasteiger partial charge in [0.1, 0.15) is 5.69 Å². The molecule has 1 aromatic heterocycles. The topological polar surface area (TPSA) is 102 Å². The van der Waals surface area contributed by atoms with Crippen LogP contribution in [0.15, 0.2) is 6.07 Å². The molecule has 1 aliphatic carbocycles. The molecule has 1 aromatic rings. The molecular weight excluding hydrogens is 318 g/mol. The lowest BCUT2D eigenvalue weighted by Crippen LogP contribution is -2.44. The summed E-state index contributed by atoms with van der Waals surface area (Å²) >= 11 is 0. The number of amides is 2. The van der Waals surface area contributed by atoms with Crippen molar-refractivity contribution in [3.8, 4) is 0 Å². The molecule has 0 bridgehead atoms. The molecular formula is C18H31N5O2. The smallest absolute Gasteiger partial charge is 0.269 e. The van der Waals surface area contributed by atoms with E-state index in [0.717, 1.165) is 31.4 Å². The predicted octanol–water partition coefficient (Wildman–Crippen LogP) is 1.22. The third-order valence-electron chi connectivity index (χ3n) is 4.68. The van der Waals surface area contributed by atoms with Crippen LogP contribution in [0.4, 0.5) is 0 Å². The van der Waals surface area contributed by atoms with E-state index in [1.54, 1.807) is 11.7 Å². The first-order chi connectivity index (χ1) is 11.7. The average molecular weight is 349 g/mol. The highest BCUT2D eigenvalue weighted by Crippen LogP contribution is 2.22. The number of hydrogen-bond acceptors (Lipinski definition) is 4. The first-order valence-corrected chi connectivity index (χ1v) is 9.05. The fourth-order valence-electron chi connectivity index (χ4n) is 3.12. The molecule has 25 heavy (non-hydrogen) atoms. The van der Waals surface area contributed by atoms with Crippen LogP contribution in [0.25, 0.3) is 0 Å². The summed E-state index contributed by atoms with van der Waals surface area (Å²) in [7, 11) is 1.80. The van der Waals surface area contributed by atoms with Crippen LogP contribution in [0, 0.1) is 0 Å². The highest BCUT2D eigenvalue weighted by atomic mass is 16.2. The molecule has 2 rings (SSSR count). The van der Waals surface area contributed by atoms with Gasteiger partial charge in [0.15, 0.2) is 0 Å². The molecule has 1 fully saturated rings. The SMILES string of the molecule is Cn1nc(C(C)(C)C)cc1C(=O)NC1CCC(NC(=O)CCN)CC1. The molecule has 1 heterocycles. The van der Waals surface area contributed by atoms with Crippen molar-refractivity contribution in [2.24, 2.45) is 12.8 Å². The van der Waals surface area contributed by atoms with E-state index in [-0.39, 0.29) is 29.3 Å². The van der Waals surface area contributed by atoms with Gasteiger partial charge in [0.05, 0.1) is 5.69 Å². The molecule has 0 unspecified atom stereocenters. The van der Waals surface area contributed by atoms with Crippen molar-refractivity contribution in [2.45, 2.75) is 70.4 Å². The second-order valence-electron chi connectivity index (χ2n) is 7.92. The van der Waals surface area contributed by atoms with E-state index in [9.17, 15) is 9.59 Å². The molecule has 0 aliphatic heterocycles. The van der Waals surface area contributed by atoms with Crippen LogP contribution in [-0.4, -0.2) is 40.2 Å². The zero-order valence-corrected chi connectivity index (χ0v) is 15.8.